The quantitative estimate of drug-likeness (QED) is 0.453. The van der Waals surface area contributed by atoms with Crippen LogP contribution in [0.3, 0.4) is 0 Å². The molecule has 0 aliphatic carbocycles. The van der Waals surface area contributed by atoms with Crippen molar-refractivity contribution in [1.82, 2.24) is 9.21 Å². The van der Waals surface area contributed by atoms with Gasteiger partial charge in [0.15, 0.2) is 4.90 Å². The lowest BCUT2D eigenvalue weighted by atomic mass is 9.96. The number of rotatable bonds is 6. The number of piperidine rings is 1. The number of carbonyl (C=O) groups is 1. The summed E-state index contributed by atoms with van der Waals surface area (Å²) in [4.78, 5) is 27.4. The van der Waals surface area contributed by atoms with Crippen LogP contribution in [0.1, 0.15) is 12.8 Å². The number of piperazine rings is 1. The topological polar surface area (TPSA) is 113 Å². The van der Waals surface area contributed by atoms with Crippen LogP contribution in [0.4, 0.5) is 11.4 Å². The molecule has 2 saturated heterocycles. The summed E-state index contributed by atoms with van der Waals surface area (Å²) in [6, 6.07) is 13.2. The number of hydrogen-bond donors (Lipinski definition) is 0. The lowest BCUT2D eigenvalue weighted by molar-refractivity contribution is -0.387. The highest BCUT2D eigenvalue weighted by Gasteiger charge is 2.37. The normalized spacial score (nSPS) is 18.0. The van der Waals surface area contributed by atoms with Crippen LogP contribution >= 0.6 is 0 Å². The Hall–Kier alpha value is -3.18. The smallest absolute Gasteiger partial charge is 0.289 e. The zero-order valence-electron chi connectivity index (χ0n) is 19.0. The van der Waals surface area contributed by atoms with Gasteiger partial charge in [0, 0.05) is 51.3 Å². The number of hydrogen-bond acceptors (Lipinski definition) is 7. The number of sulfonamides is 1. The maximum absolute atomic E-state index is 13.1. The molecule has 0 unspecified atom stereocenters. The number of benzene rings is 2. The van der Waals surface area contributed by atoms with Gasteiger partial charge >= 0.3 is 0 Å². The number of nitro benzene ring substituents is 1. The Balaban J connectivity index is 1.35. The highest BCUT2D eigenvalue weighted by atomic mass is 32.2. The number of amides is 1. The van der Waals surface area contributed by atoms with Gasteiger partial charge in [-0.1, -0.05) is 24.3 Å². The summed E-state index contributed by atoms with van der Waals surface area (Å²) in [7, 11) is -2.37. The van der Waals surface area contributed by atoms with Crippen molar-refractivity contribution in [1.29, 1.82) is 0 Å². The fraction of sp³-hybridized carbons (Fsp3) is 0.435. The predicted octanol–water partition coefficient (Wildman–Crippen LogP) is 2.35. The minimum Gasteiger partial charge on any atom is -0.495 e. The monoisotopic (exact) mass is 488 g/mol. The molecule has 0 radical (unpaired) electrons. The van der Waals surface area contributed by atoms with Crippen LogP contribution in [0.15, 0.2) is 53.4 Å². The molecule has 0 saturated carbocycles. The minimum atomic E-state index is -4.01. The maximum atomic E-state index is 13.1. The molecule has 2 aliphatic heterocycles. The molecule has 0 bridgehead atoms. The Labute approximate surface area is 198 Å². The molecule has 2 fully saturated rings. The van der Waals surface area contributed by atoms with Gasteiger partial charge in [-0.2, -0.15) is 4.31 Å². The fourth-order valence-electron chi connectivity index (χ4n) is 4.63. The first-order chi connectivity index (χ1) is 16.3. The van der Waals surface area contributed by atoms with Gasteiger partial charge in [-0.05, 0) is 31.0 Å². The van der Waals surface area contributed by atoms with Crippen molar-refractivity contribution < 1.29 is 22.9 Å². The van der Waals surface area contributed by atoms with E-state index in [2.05, 4.69) is 4.90 Å². The number of para-hydroxylation sites is 3. The molecule has 0 spiro atoms. The second-order valence-corrected chi connectivity index (χ2v) is 10.3. The van der Waals surface area contributed by atoms with E-state index in [1.165, 1.54) is 28.6 Å². The van der Waals surface area contributed by atoms with Crippen LogP contribution < -0.4 is 9.64 Å². The SMILES string of the molecule is COc1ccccc1N1CCN(C(=O)C2CCN(S(=O)(=O)c3ccccc3[N+](=O)[O-])CC2)CC1. The van der Waals surface area contributed by atoms with E-state index in [1.807, 2.05) is 29.2 Å². The van der Waals surface area contributed by atoms with Crippen molar-refractivity contribution in [2.24, 2.45) is 5.92 Å². The van der Waals surface area contributed by atoms with E-state index < -0.39 is 20.6 Å². The van der Waals surface area contributed by atoms with Crippen molar-refractivity contribution in [3.63, 3.8) is 0 Å². The first kappa shape index (κ1) is 24.0. The lowest BCUT2D eigenvalue weighted by Gasteiger charge is -2.39. The third kappa shape index (κ3) is 4.71. The molecule has 182 valence electrons. The fourth-order valence-corrected chi connectivity index (χ4v) is 6.25. The van der Waals surface area contributed by atoms with Gasteiger partial charge in [-0.25, -0.2) is 8.42 Å². The van der Waals surface area contributed by atoms with Crippen LogP contribution in [0.25, 0.3) is 0 Å². The summed E-state index contributed by atoms with van der Waals surface area (Å²) in [5.41, 5.74) is 0.569. The molecule has 2 aromatic carbocycles. The first-order valence-electron chi connectivity index (χ1n) is 11.2. The summed E-state index contributed by atoms with van der Waals surface area (Å²) in [5.74, 6) is 0.590. The van der Waals surface area contributed by atoms with Crippen LogP contribution in [0.2, 0.25) is 0 Å². The Bertz CT molecular complexity index is 1160. The summed E-state index contributed by atoms with van der Waals surface area (Å²) in [6.07, 6.45) is 0.789. The van der Waals surface area contributed by atoms with Crippen molar-refractivity contribution in [3.05, 3.63) is 58.6 Å². The largest absolute Gasteiger partial charge is 0.495 e. The van der Waals surface area contributed by atoms with Gasteiger partial charge in [0.1, 0.15) is 5.75 Å². The predicted molar refractivity (Wildman–Crippen MR) is 126 cm³/mol. The van der Waals surface area contributed by atoms with Gasteiger partial charge in [0.05, 0.1) is 17.7 Å². The molecule has 1 amide bonds. The van der Waals surface area contributed by atoms with Gasteiger partial charge < -0.3 is 14.5 Å². The molecule has 0 atom stereocenters. The maximum Gasteiger partial charge on any atom is 0.289 e. The zero-order chi connectivity index (χ0) is 24.3. The highest BCUT2D eigenvalue weighted by molar-refractivity contribution is 7.89. The standard InChI is InChI=1S/C23H28N4O6S/c1-33-21-8-4-2-6-19(21)24-14-16-25(17-15-24)23(28)18-10-12-26(13-11-18)34(31,32)22-9-5-3-7-20(22)27(29)30/h2-9,18H,10-17H2,1H3. The molecule has 11 heteroatoms. The molecule has 10 nitrogen and oxygen atoms in total. The summed E-state index contributed by atoms with van der Waals surface area (Å²) >= 11 is 0. The van der Waals surface area contributed by atoms with Gasteiger partial charge in [0.25, 0.3) is 5.69 Å². The molecule has 0 N–H and O–H groups in total. The molecule has 0 aromatic heterocycles. The third-order valence-electron chi connectivity index (χ3n) is 6.50. The summed E-state index contributed by atoms with van der Waals surface area (Å²) in [6.45, 7) is 2.88. The van der Waals surface area contributed by atoms with E-state index >= 15 is 0 Å². The van der Waals surface area contributed by atoms with E-state index in [1.54, 1.807) is 7.11 Å². The first-order valence-corrected chi connectivity index (χ1v) is 12.7. The van der Waals surface area contributed by atoms with E-state index in [0.717, 1.165) is 11.4 Å². The Morgan fingerprint density at radius 1 is 0.971 bits per heavy atom. The molecular formula is C23H28N4O6S. The minimum absolute atomic E-state index is 0.0439. The molecule has 4 rings (SSSR count). The number of anilines is 1. The molecular weight excluding hydrogens is 460 g/mol. The second kappa shape index (κ2) is 9.98. The van der Waals surface area contributed by atoms with Gasteiger partial charge in [-0.15, -0.1) is 0 Å². The Morgan fingerprint density at radius 3 is 2.24 bits per heavy atom. The summed E-state index contributed by atoms with van der Waals surface area (Å²) in [5, 5.41) is 11.3. The van der Waals surface area contributed by atoms with E-state index in [-0.39, 0.29) is 29.8 Å². The Kier molecular flexibility index (Phi) is 7.03. The number of carbonyl (C=O) groups excluding carboxylic acids is 1. The number of methoxy groups -OCH3 is 1. The van der Waals surface area contributed by atoms with Crippen molar-refractivity contribution in [2.75, 3.05) is 51.3 Å². The number of nitro groups is 1. The van der Waals surface area contributed by atoms with E-state index in [9.17, 15) is 23.3 Å². The average Bonchev–Trinajstić information content (AvgIpc) is 2.88. The zero-order valence-corrected chi connectivity index (χ0v) is 19.8. The third-order valence-corrected chi connectivity index (χ3v) is 8.45. The molecule has 2 aliphatic rings. The summed E-state index contributed by atoms with van der Waals surface area (Å²) < 4.78 is 32.7. The Morgan fingerprint density at radius 2 is 1.59 bits per heavy atom. The molecule has 34 heavy (non-hydrogen) atoms. The van der Waals surface area contributed by atoms with E-state index in [0.29, 0.717) is 39.0 Å². The van der Waals surface area contributed by atoms with Crippen LogP contribution in [0.5, 0.6) is 5.75 Å². The number of ether oxygens (including phenoxy) is 1. The molecule has 2 heterocycles. The average molecular weight is 489 g/mol. The van der Waals surface area contributed by atoms with Crippen molar-refractivity contribution in [2.45, 2.75) is 17.7 Å². The van der Waals surface area contributed by atoms with Crippen LogP contribution in [0, 0.1) is 16.0 Å². The lowest BCUT2D eigenvalue weighted by Crippen LogP contribution is -2.52. The van der Waals surface area contributed by atoms with E-state index in [4.69, 9.17) is 4.74 Å². The highest BCUT2D eigenvalue weighted by Crippen LogP contribution is 2.31. The van der Waals surface area contributed by atoms with Gasteiger partial charge in [-0.3, -0.25) is 14.9 Å². The van der Waals surface area contributed by atoms with Crippen LogP contribution in [-0.4, -0.2) is 74.8 Å². The van der Waals surface area contributed by atoms with Crippen molar-refractivity contribution in [3.8, 4) is 5.75 Å². The second-order valence-electron chi connectivity index (χ2n) is 8.39. The van der Waals surface area contributed by atoms with Crippen molar-refractivity contribution >= 4 is 27.3 Å². The molecule has 2 aromatic rings. The number of nitrogens with zero attached hydrogens (tertiary/aromatic N) is 4. The van der Waals surface area contributed by atoms with Gasteiger partial charge in [0.2, 0.25) is 15.9 Å². The van der Waals surface area contributed by atoms with Crippen LogP contribution in [-0.2, 0) is 14.8 Å².